The summed E-state index contributed by atoms with van der Waals surface area (Å²) in [6, 6.07) is 5.87. The van der Waals surface area contributed by atoms with Crippen molar-refractivity contribution in [1.29, 1.82) is 0 Å². The Kier molecular flexibility index (Phi) is 14.2. The van der Waals surface area contributed by atoms with Gasteiger partial charge in [-0.05, 0) is 38.4 Å². The van der Waals surface area contributed by atoms with Gasteiger partial charge >= 0.3 is 12.0 Å². The van der Waals surface area contributed by atoms with Gasteiger partial charge in [0.1, 0.15) is 12.4 Å². The molecule has 1 aromatic carbocycles. The van der Waals surface area contributed by atoms with Gasteiger partial charge in [0.25, 0.3) is 0 Å². The highest BCUT2D eigenvalue weighted by molar-refractivity contribution is 6.30. The second-order valence-electron chi connectivity index (χ2n) is 4.24. The number of benzene rings is 1. The molecule has 1 aromatic rings. The van der Waals surface area contributed by atoms with Gasteiger partial charge in [-0.15, -0.1) is 12.4 Å². The van der Waals surface area contributed by atoms with Crippen molar-refractivity contribution in [2.75, 3.05) is 33.9 Å². The molecule has 0 atom stereocenters. The van der Waals surface area contributed by atoms with Gasteiger partial charge in [-0.2, -0.15) is 0 Å². The van der Waals surface area contributed by atoms with E-state index in [2.05, 4.69) is 5.73 Å². The fourth-order valence-electron chi connectivity index (χ4n) is 1.06. The quantitative estimate of drug-likeness (QED) is 0.395. The summed E-state index contributed by atoms with van der Waals surface area (Å²) in [7, 11) is 3.83. The summed E-state index contributed by atoms with van der Waals surface area (Å²) in [4.78, 5) is 22.4. The molecule has 0 aliphatic carbocycles. The molecule has 0 fully saturated rings. The number of halogens is 2. The Morgan fingerprint density at radius 1 is 1.30 bits per heavy atom. The molecule has 1 rings (SSSR count). The van der Waals surface area contributed by atoms with Crippen LogP contribution in [0.4, 0.5) is 4.79 Å². The molecule has 10 heteroatoms. The number of nitrogens with one attached hydrogen (secondary N) is 1. The van der Waals surface area contributed by atoms with Gasteiger partial charge < -0.3 is 20.1 Å². The molecule has 0 saturated heterocycles. The molecule has 2 amide bonds. The maximum absolute atomic E-state index is 11.3. The number of ether oxygens (including phenoxy) is 2. The third-order valence-corrected chi connectivity index (χ3v) is 2.33. The van der Waals surface area contributed by atoms with Gasteiger partial charge in [0.15, 0.2) is 6.61 Å². The number of nitrogens with two attached hydrogens (primary N) is 1. The van der Waals surface area contributed by atoms with Gasteiger partial charge in [0.05, 0.1) is 0 Å². The Balaban J connectivity index is 0. The van der Waals surface area contributed by atoms with Gasteiger partial charge in [-0.3, -0.25) is 5.21 Å². The summed E-state index contributed by atoms with van der Waals surface area (Å²) >= 11 is 5.72. The summed E-state index contributed by atoms with van der Waals surface area (Å²) in [5.41, 5.74) is 5.46. The molecule has 0 unspecified atom stereocenters. The Bertz CT molecular complexity index is 457. The highest BCUT2D eigenvalue weighted by Crippen LogP contribution is 2.15. The maximum Gasteiger partial charge on any atom is 0.344 e. The molecule has 0 bridgehead atoms. The van der Waals surface area contributed by atoms with Crippen LogP contribution in [0.15, 0.2) is 24.3 Å². The fraction of sp³-hybridized carbons (Fsp3) is 0.385. The van der Waals surface area contributed by atoms with Crippen molar-refractivity contribution in [1.82, 2.24) is 10.4 Å². The molecular formula is C13H21Cl2N3O5. The van der Waals surface area contributed by atoms with Crippen LogP contribution in [0.1, 0.15) is 0 Å². The first-order valence-electron chi connectivity index (χ1n) is 6.23. The summed E-state index contributed by atoms with van der Waals surface area (Å²) in [6.07, 6.45) is 0. The molecule has 0 heterocycles. The minimum atomic E-state index is -0.940. The van der Waals surface area contributed by atoms with Crippen molar-refractivity contribution in [3.8, 4) is 5.75 Å². The number of hydrogen-bond donors (Lipinski definition) is 3. The van der Waals surface area contributed by atoms with E-state index in [1.807, 2.05) is 19.0 Å². The largest absolute Gasteiger partial charge is 0.482 e. The van der Waals surface area contributed by atoms with Crippen LogP contribution in [0.2, 0.25) is 5.02 Å². The number of primary amides is 1. The Morgan fingerprint density at radius 2 is 1.83 bits per heavy atom. The van der Waals surface area contributed by atoms with Crippen LogP contribution in [-0.4, -0.2) is 56.0 Å². The van der Waals surface area contributed by atoms with Crippen molar-refractivity contribution in [3.05, 3.63) is 29.3 Å². The zero-order valence-electron chi connectivity index (χ0n) is 12.8. The summed E-state index contributed by atoms with van der Waals surface area (Å²) < 4.78 is 10.2. The van der Waals surface area contributed by atoms with E-state index in [4.69, 9.17) is 26.3 Å². The molecule has 0 saturated carbocycles. The first-order valence-corrected chi connectivity index (χ1v) is 6.61. The van der Waals surface area contributed by atoms with E-state index in [-0.39, 0.29) is 25.0 Å². The Labute approximate surface area is 145 Å². The van der Waals surface area contributed by atoms with Gasteiger partial charge in [-0.25, -0.2) is 15.1 Å². The molecule has 0 aliphatic heterocycles. The van der Waals surface area contributed by atoms with Crippen LogP contribution in [-0.2, 0) is 9.53 Å². The molecule has 0 aliphatic rings. The van der Waals surface area contributed by atoms with Crippen molar-refractivity contribution in [2.24, 2.45) is 5.73 Å². The third-order valence-electron chi connectivity index (χ3n) is 2.08. The minimum absolute atomic E-state index is 0. The number of nitrogens with zero attached hydrogens (tertiary/aromatic N) is 1. The second-order valence-corrected chi connectivity index (χ2v) is 4.68. The van der Waals surface area contributed by atoms with Crippen LogP contribution in [0.25, 0.3) is 0 Å². The lowest BCUT2D eigenvalue weighted by Gasteiger charge is -2.10. The number of urea groups is 1. The van der Waals surface area contributed by atoms with E-state index in [0.29, 0.717) is 23.9 Å². The molecule has 0 radical (unpaired) electrons. The van der Waals surface area contributed by atoms with Crippen molar-refractivity contribution in [3.63, 3.8) is 0 Å². The fourth-order valence-corrected chi connectivity index (χ4v) is 1.18. The molecule has 4 N–H and O–H groups in total. The highest BCUT2D eigenvalue weighted by Gasteiger charge is 2.04. The first-order chi connectivity index (χ1) is 10.3. The normalized spacial score (nSPS) is 9.09. The SMILES string of the molecule is CN(C)CCOC(=O)COc1ccc(Cl)cc1.Cl.NC(=O)NO. The Morgan fingerprint density at radius 3 is 2.26 bits per heavy atom. The summed E-state index contributed by atoms with van der Waals surface area (Å²) in [6.45, 7) is 0.984. The average Bonchev–Trinajstić information content (AvgIpc) is 2.47. The number of carbonyl (C=O) groups is 2. The van der Waals surface area contributed by atoms with Crippen molar-refractivity contribution < 1.29 is 24.3 Å². The topological polar surface area (TPSA) is 114 Å². The number of hydroxylamine groups is 1. The zero-order valence-corrected chi connectivity index (χ0v) is 14.4. The van der Waals surface area contributed by atoms with Crippen molar-refractivity contribution >= 4 is 36.0 Å². The number of hydrogen-bond acceptors (Lipinski definition) is 6. The Hall–Kier alpha value is -1.74. The lowest BCUT2D eigenvalue weighted by Crippen LogP contribution is -2.25. The standard InChI is InChI=1S/C12H16ClNO3.CH4N2O2.ClH/c1-14(2)7-8-16-12(15)9-17-11-5-3-10(13)4-6-11;2-1(4)3-5;/h3-6H,7-9H2,1-2H3;5H,(H3,2,3,4);1H. The molecule has 132 valence electrons. The third kappa shape index (κ3) is 14.9. The lowest BCUT2D eigenvalue weighted by molar-refractivity contribution is -0.146. The minimum Gasteiger partial charge on any atom is -0.482 e. The monoisotopic (exact) mass is 369 g/mol. The summed E-state index contributed by atoms with van der Waals surface area (Å²) in [5, 5.41) is 8.05. The van der Waals surface area contributed by atoms with Gasteiger partial charge in [0.2, 0.25) is 0 Å². The molecule has 0 aromatic heterocycles. The molecular weight excluding hydrogens is 349 g/mol. The van der Waals surface area contributed by atoms with E-state index in [0.717, 1.165) is 0 Å². The van der Waals surface area contributed by atoms with E-state index >= 15 is 0 Å². The van der Waals surface area contributed by atoms with Crippen LogP contribution in [0.3, 0.4) is 0 Å². The van der Waals surface area contributed by atoms with Crippen LogP contribution in [0, 0.1) is 0 Å². The average molecular weight is 370 g/mol. The lowest BCUT2D eigenvalue weighted by atomic mass is 10.3. The van der Waals surface area contributed by atoms with E-state index < -0.39 is 6.03 Å². The van der Waals surface area contributed by atoms with E-state index in [1.54, 1.807) is 24.3 Å². The van der Waals surface area contributed by atoms with E-state index in [1.165, 1.54) is 5.48 Å². The highest BCUT2D eigenvalue weighted by atomic mass is 35.5. The van der Waals surface area contributed by atoms with Crippen LogP contribution >= 0.6 is 24.0 Å². The number of carbonyl (C=O) groups excluding carboxylic acids is 2. The van der Waals surface area contributed by atoms with E-state index in [9.17, 15) is 9.59 Å². The molecule has 23 heavy (non-hydrogen) atoms. The van der Waals surface area contributed by atoms with Crippen LogP contribution < -0.4 is 16.0 Å². The zero-order chi connectivity index (χ0) is 17.0. The van der Waals surface area contributed by atoms with Gasteiger partial charge in [-0.1, -0.05) is 11.6 Å². The number of amides is 2. The van der Waals surface area contributed by atoms with Crippen molar-refractivity contribution in [2.45, 2.75) is 0 Å². The number of rotatable bonds is 6. The number of esters is 1. The molecule has 8 nitrogen and oxygen atoms in total. The molecule has 0 spiro atoms. The summed E-state index contributed by atoms with van der Waals surface area (Å²) in [5.74, 6) is 0.223. The smallest absolute Gasteiger partial charge is 0.344 e. The first kappa shape index (κ1) is 23.5. The van der Waals surface area contributed by atoms with Gasteiger partial charge in [0, 0.05) is 11.6 Å². The predicted octanol–water partition coefficient (Wildman–Crippen LogP) is 1.29. The predicted molar refractivity (Wildman–Crippen MR) is 88.2 cm³/mol. The second kappa shape index (κ2) is 13.9. The van der Waals surface area contributed by atoms with Crippen LogP contribution in [0.5, 0.6) is 5.75 Å². The maximum atomic E-state index is 11.3. The number of likely N-dealkylation sites (N-methyl/N-ethyl adjacent to an activating group) is 1.